The minimum Gasteiger partial charge on any atom is -0.372 e. The minimum absolute atomic E-state index is 0. The van der Waals surface area contributed by atoms with Gasteiger partial charge in [0, 0.05) is 12.6 Å². The Morgan fingerprint density at radius 1 is 1.41 bits per heavy atom. The first-order valence-corrected chi connectivity index (χ1v) is 6.35. The van der Waals surface area contributed by atoms with Crippen LogP contribution in [-0.2, 0) is 9.53 Å². The Kier molecular flexibility index (Phi) is 9.50. The monoisotopic (exact) mass is 264 g/mol. The molecule has 102 valence electrons. The second-order valence-electron chi connectivity index (χ2n) is 4.51. The molecule has 1 rings (SSSR count). The van der Waals surface area contributed by atoms with Crippen LogP contribution in [0.5, 0.6) is 0 Å². The van der Waals surface area contributed by atoms with Crippen molar-refractivity contribution in [3.8, 4) is 0 Å². The van der Waals surface area contributed by atoms with Crippen LogP contribution in [0.3, 0.4) is 0 Å². The van der Waals surface area contributed by atoms with Crippen molar-refractivity contribution in [2.24, 2.45) is 11.7 Å². The summed E-state index contributed by atoms with van der Waals surface area (Å²) < 4.78 is 5.21. The summed E-state index contributed by atoms with van der Waals surface area (Å²) in [6.07, 6.45) is 5.57. The van der Waals surface area contributed by atoms with E-state index < -0.39 is 0 Å². The lowest BCUT2D eigenvalue weighted by Crippen LogP contribution is -2.45. The van der Waals surface area contributed by atoms with E-state index in [1.54, 1.807) is 0 Å². The molecule has 1 aliphatic rings. The molecule has 0 radical (unpaired) electrons. The third kappa shape index (κ3) is 6.24. The van der Waals surface area contributed by atoms with Crippen LogP contribution in [0.15, 0.2) is 0 Å². The first-order valence-electron chi connectivity index (χ1n) is 6.35. The third-order valence-corrected chi connectivity index (χ3v) is 3.14. The van der Waals surface area contributed by atoms with Crippen LogP contribution in [-0.4, -0.2) is 31.7 Å². The highest BCUT2D eigenvalue weighted by Crippen LogP contribution is 2.23. The molecule has 0 spiro atoms. The highest BCUT2D eigenvalue weighted by molar-refractivity contribution is 5.85. The Bertz CT molecular complexity index is 215. The molecule has 4 nitrogen and oxygen atoms in total. The van der Waals surface area contributed by atoms with Crippen molar-refractivity contribution in [2.45, 2.75) is 45.1 Å². The number of hydrogen-bond acceptors (Lipinski definition) is 3. The molecule has 5 heteroatoms. The van der Waals surface area contributed by atoms with Crippen molar-refractivity contribution < 1.29 is 9.53 Å². The van der Waals surface area contributed by atoms with Crippen LogP contribution >= 0.6 is 12.4 Å². The molecule has 1 fully saturated rings. The number of carbonyl (C=O) groups is 1. The largest absolute Gasteiger partial charge is 0.372 e. The number of carbonyl (C=O) groups excluding carboxylic acids is 1. The van der Waals surface area contributed by atoms with Gasteiger partial charge in [0.25, 0.3) is 0 Å². The Balaban J connectivity index is 0.00000256. The van der Waals surface area contributed by atoms with Gasteiger partial charge in [-0.15, -0.1) is 12.4 Å². The fraction of sp³-hybridized carbons (Fsp3) is 0.917. The number of halogens is 1. The van der Waals surface area contributed by atoms with Crippen molar-refractivity contribution in [1.82, 2.24) is 5.32 Å². The van der Waals surface area contributed by atoms with Crippen LogP contribution in [0.1, 0.15) is 39.0 Å². The molecule has 1 amide bonds. The summed E-state index contributed by atoms with van der Waals surface area (Å²) in [5.74, 6) is 0.447. The number of hydrogen-bond donors (Lipinski definition) is 2. The minimum atomic E-state index is -0.00111. The Morgan fingerprint density at radius 2 is 2.12 bits per heavy atom. The smallest absolute Gasteiger partial charge is 0.246 e. The zero-order chi connectivity index (χ0) is 11.8. The average molecular weight is 265 g/mol. The van der Waals surface area contributed by atoms with E-state index in [2.05, 4.69) is 5.32 Å². The van der Waals surface area contributed by atoms with Crippen LogP contribution in [0.25, 0.3) is 0 Å². The molecule has 17 heavy (non-hydrogen) atoms. The summed E-state index contributed by atoms with van der Waals surface area (Å²) in [5, 5.41) is 3.03. The van der Waals surface area contributed by atoms with Gasteiger partial charge in [-0.2, -0.15) is 0 Å². The Hall–Kier alpha value is -0.320. The van der Waals surface area contributed by atoms with E-state index in [-0.39, 0.29) is 31.0 Å². The summed E-state index contributed by atoms with van der Waals surface area (Å²) in [7, 11) is 0. The van der Waals surface area contributed by atoms with Gasteiger partial charge in [0.1, 0.15) is 6.61 Å². The summed E-state index contributed by atoms with van der Waals surface area (Å²) >= 11 is 0. The summed E-state index contributed by atoms with van der Waals surface area (Å²) in [4.78, 5) is 11.6. The first-order chi connectivity index (χ1) is 7.77. The molecule has 0 saturated heterocycles. The SMILES string of the molecule is CCCOCC(=O)NC1CCCCC1CN.Cl. The number of ether oxygens (including phenoxy) is 1. The first kappa shape index (κ1) is 16.7. The second kappa shape index (κ2) is 9.68. The van der Waals surface area contributed by atoms with Gasteiger partial charge < -0.3 is 15.8 Å². The van der Waals surface area contributed by atoms with E-state index in [4.69, 9.17) is 10.5 Å². The topological polar surface area (TPSA) is 64.3 Å². The van der Waals surface area contributed by atoms with Crippen molar-refractivity contribution in [3.05, 3.63) is 0 Å². The van der Waals surface area contributed by atoms with Gasteiger partial charge in [0.2, 0.25) is 5.91 Å². The number of rotatable bonds is 6. The third-order valence-electron chi connectivity index (χ3n) is 3.14. The van der Waals surface area contributed by atoms with Gasteiger partial charge in [0.05, 0.1) is 0 Å². The number of nitrogens with one attached hydrogen (secondary N) is 1. The van der Waals surface area contributed by atoms with Crippen LogP contribution in [0.4, 0.5) is 0 Å². The van der Waals surface area contributed by atoms with Gasteiger partial charge >= 0.3 is 0 Å². The lowest BCUT2D eigenvalue weighted by Gasteiger charge is -2.31. The lowest BCUT2D eigenvalue weighted by molar-refractivity contribution is -0.127. The van der Waals surface area contributed by atoms with Crippen molar-refractivity contribution in [3.63, 3.8) is 0 Å². The Labute approximate surface area is 110 Å². The fourth-order valence-corrected chi connectivity index (χ4v) is 2.24. The molecular formula is C12H25ClN2O2. The summed E-state index contributed by atoms with van der Waals surface area (Å²) in [6.45, 7) is 3.53. The van der Waals surface area contributed by atoms with E-state index in [0.717, 1.165) is 19.3 Å². The molecular weight excluding hydrogens is 240 g/mol. The van der Waals surface area contributed by atoms with Crippen LogP contribution in [0, 0.1) is 5.92 Å². The van der Waals surface area contributed by atoms with E-state index in [1.807, 2.05) is 6.92 Å². The zero-order valence-corrected chi connectivity index (χ0v) is 11.4. The molecule has 1 saturated carbocycles. The van der Waals surface area contributed by atoms with Gasteiger partial charge in [0.15, 0.2) is 0 Å². The molecule has 2 atom stereocenters. The molecule has 0 aliphatic heterocycles. The molecule has 0 aromatic carbocycles. The second-order valence-corrected chi connectivity index (χ2v) is 4.51. The molecule has 3 N–H and O–H groups in total. The molecule has 0 aromatic heterocycles. The molecule has 2 unspecified atom stereocenters. The standard InChI is InChI=1S/C12H24N2O2.ClH/c1-2-7-16-9-12(15)14-11-6-4-3-5-10(11)8-13;/h10-11H,2-9,13H2,1H3,(H,14,15);1H. The fourth-order valence-electron chi connectivity index (χ4n) is 2.24. The lowest BCUT2D eigenvalue weighted by atomic mass is 9.84. The van der Waals surface area contributed by atoms with Gasteiger partial charge in [-0.1, -0.05) is 19.8 Å². The highest BCUT2D eigenvalue weighted by atomic mass is 35.5. The van der Waals surface area contributed by atoms with Crippen LogP contribution < -0.4 is 11.1 Å². The maximum absolute atomic E-state index is 11.6. The quantitative estimate of drug-likeness (QED) is 0.714. The van der Waals surface area contributed by atoms with E-state index >= 15 is 0 Å². The predicted molar refractivity (Wildman–Crippen MR) is 71.3 cm³/mol. The van der Waals surface area contributed by atoms with Crippen molar-refractivity contribution in [2.75, 3.05) is 19.8 Å². The summed E-state index contributed by atoms with van der Waals surface area (Å²) in [6, 6.07) is 0.261. The average Bonchev–Trinajstić information content (AvgIpc) is 2.30. The van der Waals surface area contributed by atoms with Crippen molar-refractivity contribution in [1.29, 1.82) is 0 Å². The number of nitrogens with two attached hydrogens (primary N) is 1. The number of amides is 1. The van der Waals surface area contributed by atoms with E-state index in [1.165, 1.54) is 12.8 Å². The highest BCUT2D eigenvalue weighted by Gasteiger charge is 2.24. The molecule has 0 heterocycles. The molecule has 0 aromatic rings. The van der Waals surface area contributed by atoms with Gasteiger partial charge in [-0.25, -0.2) is 0 Å². The van der Waals surface area contributed by atoms with E-state index in [9.17, 15) is 4.79 Å². The van der Waals surface area contributed by atoms with Gasteiger partial charge in [-0.05, 0) is 31.7 Å². The zero-order valence-electron chi connectivity index (χ0n) is 10.6. The van der Waals surface area contributed by atoms with Crippen LogP contribution in [0.2, 0.25) is 0 Å². The summed E-state index contributed by atoms with van der Waals surface area (Å²) in [5.41, 5.74) is 5.71. The molecule has 0 bridgehead atoms. The normalized spacial score (nSPS) is 23.9. The maximum Gasteiger partial charge on any atom is 0.246 e. The molecule has 1 aliphatic carbocycles. The Morgan fingerprint density at radius 3 is 2.76 bits per heavy atom. The van der Waals surface area contributed by atoms with Gasteiger partial charge in [-0.3, -0.25) is 4.79 Å². The van der Waals surface area contributed by atoms with Crippen molar-refractivity contribution >= 4 is 18.3 Å². The maximum atomic E-state index is 11.6. The van der Waals surface area contributed by atoms with E-state index in [0.29, 0.717) is 19.1 Å². The predicted octanol–water partition coefficient (Wildman–Crippen LogP) is 1.47.